The molecule has 0 bridgehead atoms. The van der Waals surface area contributed by atoms with Gasteiger partial charge >= 0.3 is 0 Å². The molecule has 1 aromatic heterocycles. The van der Waals surface area contributed by atoms with Crippen molar-refractivity contribution in [2.45, 2.75) is 18.9 Å². The van der Waals surface area contributed by atoms with Gasteiger partial charge in [0.05, 0.1) is 0 Å². The van der Waals surface area contributed by atoms with Crippen molar-refractivity contribution in [3.8, 4) is 11.1 Å². The molecule has 0 saturated carbocycles. The summed E-state index contributed by atoms with van der Waals surface area (Å²) >= 11 is 6.00. The van der Waals surface area contributed by atoms with E-state index in [4.69, 9.17) is 17.3 Å². The molecule has 3 rings (SSSR count). The monoisotopic (exact) mass is 288 g/mol. The number of rotatable bonds is 2. The van der Waals surface area contributed by atoms with Gasteiger partial charge in [-0.2, -0.15) is 0 Å². The summed E-state index contributed by atoms with van der Waals surface area (Å²) in [5.74, 6) is 0.780. The van der Waals surface area contributed by atoms with E-state index in [9.17, 15) is 0 Å². The number of hydrogen-bond acceptors (Lipinski definition) is 4. The molecule has 0 aliphatic carbocycles. The Morgan fingerprint density at radius 2 is 1.80 bits per heavy atom. The molecule has 0 unspecified atom stereocenters. The fourth-order valence-electron chi connectivity index (χ4n) is 2.40. The van der Waals surface area contributed by atoms with Gasteiger partial charge in [0.25, 0.3) is 0 Å². The zero-order valence-corrected chi connectivity index (χ0v) is 11.9. The minimum atomic E-state index is 0.317. The average molecular weight is 289 g/mol. The lowest BCUT2D eigenvalue weighted by Gasteiger charge is -2.30. The van der Waals surface area contributed by atoms with Crippen LogP contribution < -0.4 is 10.6 Å². The van der Waals surface area contributed by atoms with Crippen molar-refractivity contribution in [1.82, 2.24) is 9.97 Å². The topological polar surface area (TPSA) is 55.0 Å². The first-order valence-electron chi connectivity index (χ1n) is 6.81. The number of nitrogens with zero attached hydrogens (tertiary/aromatic N) is 3. The first kappa shape index (κ1) is 13.3. The van der Waals surface area contributed by atoms with Gasteiger partial charge in [0, 0.05) is 42.1 Å². The normalized spacial score (nSPS) is 16.4. The third-order valence-electron chi connectivity index (χ3n) is 3.62. The third kappa shape index (κ3) is 2.92. The number of aromatic nitrogens is 2. The number of hydrogen-bond donors (Lipinski definition) is 1. The van der Waals surface area contributed by atoms with E-state index in [1.165, 1.54) is 0 Å². The van der Waals surface area contributed by atoms with Crippen LogP contribution >= 0.6 is 11.6 Å². The van der Waals surface area contributed by atoms with Gasteiger partial charge < -0.3 is 10.6 Å². The molecule has 2 N–H and O–H groups in total. The second kappa shape index (κ2) is 5.77. The maximum Gasteiger partial charge on any atom is 0.225 e. The number of nitrogens with two attached hydrogens (primary N) is 1. The maximum absolute atomic E-state index is 6.00. The molecule has 1 aliphatic heterocycles. The first-order chi connectivity index (χ1) is 9.72. The number of anilines is 1. The van der Waals surface area contributed by atoms with Crippen LogP contribution in [0.25, 0.3) is 11.1 Å². The fourth-order valence-corrected chi connectivity index (χ4v) is 2.59. The van der Waals surface area contributed by atoms with Crippen molar-refractivity contribution in [2.24, 2.45) is 5.73 Å². The molecule has 1 fully saturated rings. The van der Waals surface area contributed by atoms with Gasteiger partial charge in [-0.05, 0) is 30.5 Å². The number of piperidine rings is 1. The van der Waals surface area contributed by atoms with Gasteiger partial charge in [-0.3, -0.25) is 0 Å². The number of halogens is 1. The van der Waals surface area contributed by atoms with Gasteiger partial charge in [-0.1, -0.05) is 23.7 Å². The van der Waals surface area contributed by atoms with E-state index in [1.807, 2.05) is 36.7 Å². The molecular weight excluding hydrogens is 272 g/mol. The molecule has 0 amide bonds. The molecule has 1 aliphatic rings. The molecule has 2 heterocycles. The van der Waals surface area contributed by atoms with Gasteiger partial charge in [-0.15, -0.1) is 0 Å². The Bertz CT molecular complexity index is 577. The van der Waals surface area contributed by atoms with Crippen LogP contribution in [0.5, 0.6) is 0 Å². The summed E-state index contributed by atoms with van der Waals surface area (Å²) in [6.45, 7) is 1.86. The molecule has 104 valence electrons. The summed E-state index contributed by atoms with van der Waals surface area (Å²) in [5, 5.41) is 0.719. The zero-order valence-electron chi connectivity index (χ0n) is 11.2. The largest absolute Gasteiger partial charge is 0.341 e. The van der Waals surface area contributed by atoms with E-state index in [0.717, 1.165) is 48.0 Å². The minimum absolute atomic E-state index is 0.317. The molecular formula is C15H17ClN4. The summed E-state index contributed by atoms with van der Waals surface area (Å²) in [5.41, 5.74) is 7.92. The SMILES string of the molecule is NC1CCN(c2ncc(-c3cccc(Cl)c3)cn2)CC1. The fraction of sp³-hybridized carbons (Fsp3) is 0.333. The van der Waals surface area contributed by atoms with Crippen molar-refractivity contribution in [3.63, 3.8) is 0 Å². The predicted molar refractivity (Wildman–Crippen MR) is 81.9 cm³/mol. The molecule has 2 aromatic rings. The van der Waals surface area contributed by atoms with Crippen LogP contribution in [-0.2, 0) is 0 Å². The molecule has 0 atom stereocenters. The Balaban J connectivity index is 1.78. The summed E-state index contributed by atoms with van der Waals surface area (Å²) in [7, 11) is 0. The second-order valence-electron chi connectivity index (χ2n) is 5.11. The van der Waals surface area contributed by atoms with Crippen molar-refractivity contribution in [1.29, 1.82) is 0 Å². The Hall–Kier alpha value is -1.65. The van der Waals surface area contributed by atoms with Crippen LogP contribution in [-0.4, -0.2) is 29.1 Å². The summed E-state index contributed by atoms with van der Waals surface area (Å²) in [4.78, 5) is 11.1. The zero-order chi connectivity index (χ0) is 13.9. The molecule has 5 heteroatoms. The quantitative estimate of drug-likeness (QED) is 0.923. The Morgan fingerprint density at radius 3 is 2.45 bits per heavy atom. The van der Waals surface area contributed by atoms with Gasteiger partial charge in [0.15, 0.2) is 0 Å². The van der Waals surface area contributed by atoms with Gasteiger partial charge in [0.1, 0.15) is 0 Å². The molecule has 20 heavy (non-hydrogen) atoms. The van der Waals surface area contributed by atoms with Crippen LogP contribution in [0.4, 0.5) is 5.95 Å². The van der Waals surface area contributed by atoms with E-state index in [2.05, 4.69) is 14.9 Å². The standard InChI is InChI=1S/C15H17ClN4/c16-13-3-1-2-11(8-13)12-9-18-15(19-10-12)20-6-4-14(17)5-7-20/h1-3,8-10,14H,4-7,17H2. The van der Waals surface area contributed by atoms with Gasteiger partial charge in [0.2, 0.25) is 5.95 Å². The van der Waals surface area contributed by atoms with Crippen molar-refractivity contribution in [2.75, 3.05) is 18.0 Å². The van der Waals surface area contributed by atoms with Crippen LogP contribution in [0, 0.1) is 0 Å². The van der Waals surface area contributed by atoms with E-state index in [-0.39, 0.29) is 0 Å². The Labute approximate surface area is 123 Å². The highest BCUT2D eigenvalue weighted by Gasteiger charge is 2.18. The van der Waals surface area contributed by atoms with E-state index < -0.39 is 0 Å². The van der Waals surface area contributed by atoms with Crippen LogP contribution in [0.3, 0.4) is 0 Å². The highest BCUT2D eigenvalue weighted by Crippen LogP contribution is 2.23. The Kier molecular flexibility index (Phi) is 3.85. The Morgan fingerprint density at radius 1 is 1.10 bits per heavy atom. The predicted octanol–water partition coefficient (Wildman–Crippen LogP) is 2.72. The van der Waals surface area contributed by atoms with Crippen molar-refractivity contribution in [3.05, 3.63) is 41.7 Å². The minimum Gasteiger partial charge on any atom is -0.341 e. The molecule has 1 saturated heterocycles. The summed E-state index contributed by atoms with van der Waals surface area (Å²) in [6.07, 6.45) is 5.70. The number of benzene rings is 1. The van der Waals surface area contributed by atoms with E-state index in [1.54, 1.807) is 0 Å². The second-order valence-corrected chi connectivity index (χ2v) is 5.54. The molecule has 1 aromatic carbocycles. The van der Waals surface area contributed by atoms with Crippen LogP contribution in [0.2, 0.25) is 5.02 Å². The van der Waals surface area contributed by atoms with Gasteiger partial charge in [-0.25, -0.2) is 9.97 Å². The van der Waals surface area contributed by atoms with E-state index in [0.29, 0.717) is 6.04 Å². The molecule has 0 spiro atoms. The lowest BCUT2D eigenvalue weighted by molar-refractivity contribution is 0.495. The van der Waals surface area contributed by atoms with Crippen molar-refractivity contribution >= 4 is 17.5 Å². The highest BCUT2D eigenvalue weighted by atomic mass is 35.5. The lowest BCUT2D eigenvalue weighted by atomic mass is 10.1. The maximum atomic E-state index is 6.00. The van der Waals surface area contributed by atoms with E-state index >= 15 is 0 Å². The lowest BCUT2D eigenvalue weighted by Crippen LogP contribution is -2.40. The highest BCUT2D eigenvalue weighted by molar-refractivity contribution is 6.30. The molecule has 4 nitrogen and oxygen atoms in total. The van der Waals surface area contributed by atoms with Crippen molar-refractivity contribution < 1.29 is 0 Å². The van der Waals surface area contributed by atoms with Crippen LogP contribution in [0.15, 0.2) is 36.7 Å². The smallest absolute Gasteiger partial charge is 0.225 e. The first-order valence-corrected chi connectivity index (χ1v) is 7.19. The third-order valence-corrected chi connectivity index (χ3v) is 3.85. The summed E-state index contributed by atoms with van der Waals surface area (Å²) < 4.78 is 0. The average Bonchev–Trinajstić information content (AvgIpc) is 2.48. The molecule has 0 radical (unpaired) electrons. The van der Waals surface area contributed by atoms with Crippen LogP contribution in [0.1, 0.15) is 12.8 Å². The summed E-state index contributed by atoms with van der Waals surface area (Å²) in [6, 6.07) is 8.02.